The average Bonchev–Trinajstić information content (AvgIpc) is 2.80. The van der Waals surface area contributed by atoms with Crippen molar-refractivity contribution in [3.05, 3.63) is 34.3 Å². The van der Waals surface area contributed by atoms with Crippen molar-refractivity contribution in [3.63, 3.8) is 0 Å². The Morgan fingerprint density at radius 2 is 1.90 bits per heavy atom. The van der Waals surface area contributed by atoms with E-state index in [1.807, 2.05) is 0 Å². The Hall–Kier alpha value is -0.420. The molecule has 1 aromatic rings. The number of fused-ring (bicyclic) bond motifs is 2. The molecule has 4 heteroatoms. The van der Waals surface area contributed by atoms with Gasteiger partial charge in [0.1, 0.15) is 0 Å². The first-order chi connectivity index (χ1) is 9.74. The van der Waals surface area contributed by atoms with Gasteiger partial charge in [-0.05, 0) is 44.0 Å². The lowest BCUT2D eigenvalue weighted by atomic mass is 10.0. The van der Waals surface area contributed by atoms with Crippen molar-refractivity contribution in [2.45, 2.75) is 37.5 Å². The van der Waals surface area contributed by atoms with Gasteiger partial charge in [0.15, 0.2) is 0 Å². The lowest BCUT2D eigenvalue weighted by Gasteiger charge is -2.33. The number of hydrogen-bond donors (Lipinski definition) is 1. The molecule has 3 rings (SSSR count). The van der Waals surface area contributed by atoms with Gasteiger partial charge in [-0.1, -0.05) is 28.1 Å². The Bertz CT molecular complexity index is 425. The van der Waals surface area contributed by atoms with Crippen LogP contribution in [0, 0.1) is 0 Å². The summed E-state index contributed by atoms with van der Waals surface area (Å²) in [7, 11) is 2.05. The molecule has 20 heavy (non-hydrogen) atoms. The highest BCUT2D eigenvalue weighted by molar-refractivity contribution is 9.10. The first-order valence-corrected chi connectivity index (χ1v) is 8.34. The van der Waals surface area contributed by atoms with E-state index in [2.05, 4.69) is 57.5 Å². The number of halogens is 1. The molecular weight excluding hydrogens is 316 g/mol. The van der Waals surface area contributed by atoms with Crippen molar-refractivity contribution in [3.8, 4) is 0 Å². The van der Waals surface area contributed by atoms with Gasteiger partial charge >= 0.3 is 0 Å². The highest BCUT2D eigenvalue weighted by Gasteiger charge is 2.33. The molecule has 1 aromatic carbocycles. The van der Waals surface area contributed by atoms with E-state index in [9.17, 15) is 0 Å². The Balaban J connectivity index is 1.54. The Labute approximate surface area is 129 Å². The molecule has 3 atom stereocenters. The molecule has 2 heterocycles. The minimum Gasteiger partial charge on any atom is -0.372 e. The fourth-order valence-corrected chi connectivity index (χ4v) is 3.63. The third kappa shape index (κ3) is 3.42. The number of rotatable bonds is 5. The van der Waals surface area contributed by atoms with Crippen LogP contribution in [0.4, 0.5) is 0 Å². The van der Waals surface area contributed by atoms with Gasteiger partial charge < -0.3 is 10.1 Å². The van der Waals surface area contributed by atoms with Crippen LogP contribution in [0.25, 0.3) is 0 Å². The highest BCUT2D eigenvalue weighted by Crippen LogP contribution is 2.27. The summed E-state index contributed by atoms with van der Waals surface area (Å²) in [6, 6.07) is 9.08. The number of likely N-dealkylation sites (tertiary alicyclic amines) is 1. The van der Waals surface area contributed by atoms with Gasteiger partial charge in [-0.2, -0.15) is 0 Å². The minimum atomic E-state index is 0.434. The Kier molecular flexibility index (Phi) is 4.76. The highest BCUT2D eigenvalue weighted by atomic mass is 79.9. The normalized spacial score (nSPS) is 27.7. The summed E-state index contributed by atoms with van der Waals surface area (Å²) in [6.45, 7) is 3.39. The lowest BCUT2D eigenvalue weighted by molar-refractivity contribution is -0.0390. The smallest absolute Gasteiger partial charge is 0.0707 e. The van der Waals surface area contributed by atoms with Crippen LogP contribution in [0.1, 0.15) is 30.9 Å². The second kappa shape index (κ2) is 6.56. The van der Waals surface area contributed by atoms with Crippen molar-refractivity contribution in [2.24, 2.45) is 0 Å². The zero-order chi connectivity index (χ0) is 13.9. The molecule has 0 aliphatic carbocycles. The standard InChI is InChI=1S/C16H23BrN2O/c1-18-16(12-2-4-13(17)5-3-12)8-9-19-10-14-6-7-15(11-19)20-14/h2-5,14-16,18H,6-11H2,1H3. The van der Waals surface area contributed by atoms with Gasteiger partial charge in [-0.15, -0.1) is 0 Å². The molecule has 0 amide bonds. The molecular formula is C16H23BrN2O. The van der Waals surface area contributed by atoms with Gasteiger partial charge in [0.2, 0.25) is 0 Å². The molecule has 0 aromatic heterocycles. The molecule has 2 bridgehead atoms. The minimum absolute atomic E-state index is 0.434. The van der Waals surface area contributed by atoms with Crippen molar-refractivity contribution >= 4 is 15.9 Å². The van der Waals surface area contributed by atoms with Crippen LogP contribution >= 0.6 is 15.9 Å². The quantitative estimate of drug-likeness (QED) is 0.893. The molecule has 2 saturated heterocycles. The van der Waals surface area contributed by atoms with E-state index in [0.29, 0.717) is 18.2 Å². The fourth-order valence-electron chi connectivity index (χ4n) is 3.37. The summed E-state index contributed by atoms with van der Waals surface area (Å²) in [6.07, 6.45) is 4.65. The van der Waals surface area contributed by atoms with Crippen molar-refractivity contribution in [1.82, 2.24) is 10.2 Å². The topological polar surface area (TPSA) is 24.5 Å². The predicted molar refractivity (Wildman–Crippen MR) is 84.9 cm³/mol. The van der Waals surface area contributed by atoms with E-state index in [1.54, 1.807) is 0 Å². The number of morpholine rings is 1. The first-order valence-electron chi connectivity index (χ1n) is 7.55. The van der Waals surface area contributed by atoms with Gasteiger partial charge in [0.25, 0.3) is 0 Å². The summed E-state index contributed by atoms with van der Waals surface area (Å²) >= 11 is 3.50. The van der Waals surface area contributed by atoms with Crippen LogP contribution in [-0.4, -0.2) is 43.8 Å². The van der Waals surface area contributed by atoms with Crippen molar-refractivity contribution in [1.29, 1.82) is 0 Å². The molecule has 2 aliphatic rings. The van der Waals surface area contributed by atoms with E-state index in [0.717, 1.165) is 30.5 Å². The zero-order valence-electron chi connectivity index (χ0n) is 12.0. The van der Waals surface area contributed by atoms with Crippen LogP contribution in [0.5, 0.6) is 0 Å². The molecule has 110 valence electrons. The molecule has 3 nitrogen and oxygen atoms in total. The van der Waals surface area contributed by atoms with E-state index >= 15 is 0 Å². The third-order valence-electron chi connectivity index (χ3n) is 4.47. The third-order valence-corrected chi connectivity index (χ3v) is 5.00. The molecule has 3 unspecified atom stereocenters. The summed E-state index contributed by atoms with van der Waals surface area (Å²) in [5.74, 6) is 0. The van der Waals surface area contributed by atoms with Gasteiger partial charge in [-0.3, -0.25) is 4.90 Å². The fraction of sp³-hybridized carbons (Fsp3) is 0.625. The molecule has 0 saturated carbocycles. The Morgan fingerprint density at radius 1 is 1.25 bits per heavy atom. The monoisotopic (exact) mass is 338 g/mol. The van der Waals surface area contributed by atoms with E-state index in [4.69, 9.17) is 4.74 Å². The lowest BCUT2D eigenvalue weighted by Crippen LogP contribution is -2.43. The molecule has 0 spiro atoms. The van der Waals surface area contributed by atoms with E-state index < -0.39 is 0 Å². The molecule has 2 fully saturated rings. The molecule has 0 radical (unpaired) electrons. The van der Waals surface area contributed by atoms with Crippen LogP contribution in [0.3, 0.4) is 0 Å². The van der Waals surface area contributed by atoms with E-state index in [1.165, 1.54) is 18.4 Å². The second-order valence-corrected chi connectivity index (χ2v) is 6.81. The van der Waals surface area contributed by atoms with Crippen LogP contribution in [0.2, 0.25) is 0 Å². The zero-order valence-corrected chi connectivity index (χ0v) is 13.6. The average molecular weight is 339 g/mol. The summed E-state index contributed by atoms with van der Waals surface area (Å²) < 4.78 is 7.04. The van der Waals surface area contributed by atoms with Crippen LogP contribution in [0.15, 0.2) is 28.7 Å². The maximum Gasteiger partial charge on any atom is 0.0707 e. The molecule has 2 aliphatic heterocycles. The second-order valence-electron chi connectivity index (χ2n) is 5.90. The SMILES string of the molecule is CNC(CCN1CC2CCC(C1)O2)c1ccc(Br)cc1. The maximum atomic E-state index is 5.90. The number of benzene rings is 1. The summed E-state index contributed by atoms with van der Waals surface area (Å²) in [5.41, 5.74) is 1.37. The summed E-state index contributed by atoms with van der Waals surface area (Å²) in [5, 5.41) is 3.44. The summed E-state index contributed by atoms with van der Waals surface area (Å²) in [4.78, 5) is 2.58. The van der Waals surface area contributed by atoms with E-state index in [-0.39, 0.29) is 0 Å². The molecule has 1 N–H and O–H groups in total. The number of nitrogens with zero attached hydrogens (tertiary/aromatic N) is 1. The maximum absolute atomic E-state index is 5.90. The Morgan fingerprint density at radius 3 is 2.50 bits per heavy atom. The van der Waals surface area contributed by atoms with Crippen molar-refractivity contribution in [2.75, 3.05) is 26.7 Å². The van der Waals surface area contributed by atoms with Crippen molar-refractivity contribution < 1.29 is 4.74 Å². The largest absolute Gasteiger partial charge is 0.372 e. The first kappa shape index (κ1) is 14.5. The number of nitrogens with one attached hydrogen (secondary N) is 1. The van der Waals surface area contributed by atoms with Crippen LogP contribution < -0.4 is 5.32 Å². The van der Waals surface area contributed by atoms with Gasteiger partial charge in [-0.25, -0.2) is 0 Å². The van der Waals surface area contributed by atoms with Gasteiger partial charge in [0.05, 0.1) is 12.2 Å². The van der Waals surface area contributed by atoms with Gasteiger partial charge in [0, 0.05) is 30.1 Å². The number of hydrogen-bond acceptors (Lipinski definition) is 3. The van der Waals surface area contributed by atoms with Crippen LogP contribution in [-0.2, 0) is 4.74 Å². The predicted octanol–water partition coefficient (Wildman–Crippen LogP) is 2.96. The number of ether oxygens (including phenoxy) is 1.